The van der Waals surface area contributed by atoms with E-state index in [9.17, 15) is 9.59 Å². The van der Waals surface area contributed by atoms with Crippen molar-refractivity contribution in [3.63, 3.8) is 0 Å². The van der Waals surface area contributed by atoms with E-state index in [1.807, 2.05) is 24.3 Å². The second-order valence-electron chi connectivity index (χ2n) is 6.14. The van der Waals surface area contributed by atoms with Crippen molar-refractivity contribution in [3.8, 4) is 11.5 Å². The van der Waals surface area contributed by atoms with Gasteiger partial charge in [-0.3, -0.25) is 19.9 Å². The fraction of sp³-hybridized carbons (Fsp3) is 0.0476. The third-order valence-electron chi connectivity index (χ3n) is 4.16. The second kappa shape index (κ2) is 7.81. The van der Waals surface area contributed by atoms with Crippen molar-refractivity contribution in [1.82, 2.24) is 20.3 Å². The molecule has 0 atom stereocenters. The summed E-state index contributed by atoms with van der Waals surface area (Å²) in [5.74, 6) is 0.793. The number of rotatable bonds is 5. The third kappa shape index (κ3) is 4.06. The molecule has 0 aliphatic heterocycles. The minimum Gasteiger partial charge on any atom is -0.457 e. The van der Waals surface area contributed by atoms with E-state index in [1.54, 1.807) is 36.4 Å². The van der Waals surface area contributed by atoms with Crippen LogP contribution in [0.25, 0.3) is 11.0 Å². The van der Waals surface area contributed by atoms with Crippen molar-refractivity contribution in [2.24, 2.45) is 0 Å². The number of fused-ring (bicyclic) bond motifs is 1. The van der Waals surface area contributed by atoms with Gasteiger partial charge in [0.2, 0.25) is 5.95 Å². The fourth-order valence-electron chi connectivity index (χ4n) is 2.73. The number of nitrogens with zero attached hydrogens (tertiary/aromatic N) is 2. The van der Waals surface area contributed by atoms with Gasteiger partial charge in [-0.05, 0) is 42.5 Å². The van der Waals surface area contributed by atoms with Gasteiger partial charge in [0.15, 0.2) is 0 Å². The largest absolute Gasteiger partial charge is 0.457 e. The van der Waals surface area contributed by atoms with Gasteiger partial charge in [0, 0.05) is 24.9 Å². The van der Waals surface area contributed by atoms with Gasteiger partial charge in [-0.25, -0.2) is 4.98 Å². The summed E-state index contributed by atoms with van der Waals surface area (Å²) in [6.07, 6.45) is 1.50. The van der Waals surface area contributed by atoms with Crippen LogP contribution in [0.3, 0.4) is 0 Å². The summed E-state index contributed by atoms with van der Waals surface area (Å²) < 4.78 is 5.74. The molecule has 2 amide bonds. The van der Waals surface area contributed by atoms with Crippen LogP contribution in [0.15, 0.2) is 66.9 Å². The molecule has 0 saturated heterocycles. The van der Waals surface area contributed by atoms with Gasteiger partial charge in [0.25, 0.3) is 11.8 Å². The molecule has 2 aromatic heterocycles. The van der Waals surface area contributed by atoms with Crippen LogP contribution in [-0.2, 0) is 0 Å². The number of nitrogens with one attached hydrogen (secondary N) is 3. The number of hydrogen-bond donors (Lipinski definition) is 3. The van der Waals surface area contributed by atoms with E-state index >= 15 is 0 Å². The average Bonchev–Trinajstić information content (AvgIpc) is 3.16. The Morgan fingerprint density at radius 1 is 0.966 bits per heavy atom. The highest BCUT2D eigenvalue weighted by molar-refractivity contribution is 6.04. The molecule has 0 aliphatic carbocycles. The van der Waals surface area contributed by atoms with Gasteiger partial charge >= 0.3 is 0 Å². The highest BCUT2D eigenvalue weighted by Crippen LogP contribution is 2.22. The molecule has 2 heterocycles. The van der Waals surface area contributed by atoms with Crippen molar-refractivity contribution in [2.75, 3.05) is 12.4 Å². The average molecular weight is 387 g/mol. The van der Waals surface area contributed by atoms with Crippen molar-refractivity contribution < 1.29 is 14.3 Å². The molecule has 0 aliphatic rings. The summed E-state index contributed by atoms with van der Waals surface area (Å²) in [5.41, 5.74) is 2.34. The topological polar surface area (TPSA) is 109 Å². The Morgan fingerprint density at radius 2 is 1.76 bits per heavy atom. The molecule has 3 N–H and O–H groups in total. The first-order chi connectivity index (χ1) is 14.1. The number of carbonyl (C=O) groups is 2. The number of aromatic amines is 1. The number of ether oxygens (including phenoxy) is 1. The molecule has 144 valence electrons. The molecule has 0 unspecified atom stereocenters. The molecule has 0 fully saturated rings. The van der Waals surface area contributed by atoms with Crippen LogP contribution in [-0.4, -0.2) is 33.8 Å². The van der Waals surface area contributed by atoms with Crippen molar-refractivity contribution >= 4 is 28.8 Å². The molecule has 8 nitrogen and oxygen atoms in total. The molecule has 4 aromatic rings. The maximum absolute atomic E-state index is 12.4. The summed E-state index contributed by atoms with van der Waals surface area (Å²) in [6.45, 7) is 0. The lowest BCUT2D eigenvalue weighted by molar-refractivity contribution is 0.0957. The Balaban J connectivity index is 1.44. The normalized spacial score (nSPS) is 10.5. The Morgan fingerprint density at radius 3 is 2.52 bits per heavy atom. The third-order valence-corrected chi connectivity index (χ3v) is 4.16. The maximum atomic E-state index is 12.4. The Hall–Kier alpha value is -4.20. The van der Waals surface area contributed by atoms with Crippen molar-refractivity contribution in [3.05, 3.63) is 78.1 Å². The lowest BCUT2D eigenvalue weighted by atomic mass is 10.2. The number of imidazole rings is 1. The predicted molar refractivity (Wildman–Crippen MR) is 108 cm³/mol. The van der Waals surface area contributed by atoms with Crippen molar-refractivity contribution in [2.45, 2.75) is 0 Å². The zero-order chi connectivity index (χ0) is 20.2. The number of benzene rings is 2. The molecular formula is C21H17N5O3. The number of aromatic nitrogens is 3. The van der Waals surface area contributed by atoms with E-state index in [2.05, 4.69) is 25.6 Å². The summed E-state index contributed by atoms with van der Waals surface area (Å²) in [7, 11) is 1.53. The lowest BCUT2D eigenvalue weighted by Crippen LogP contribution is -2.18. The van der Waals surface area contributed by atoms with Gasteiger partial charge < -0.3 is 15.0 Å². The number of para-hydroxylation sites is 2. The van der Waals surface area contributed by atoms with E-state index in [1.165, 1.54) is 13.2 Å². The first kappa shape index (κ1) is 18.2. The van der Waals surface area contributed by atoms with Gasteiger partial charge in [-0.15, -0.1) is 0 Å². The number of pyridine rings is 1. The van der Waals surface area contributed by atoms with Crippen molar-refractivity contribution in [1.29, 1.82) is 0 Å². The SMILES string of the molecule is CNC(=O)c1cc(Oc2ccc(C(=O)Nc3nc4ccccc4[nH]3)cc2)ccn1. The number of H-pyrrole nitrogens is 1. The zero-order valence-electron chi connectivity index (χ0n) is 15.5. The summed E-state index contributed by atoms with van der Waals surface area (Å²) in [6, 6.07) is 17.4. The van der Waals surface area contributed by atoms with E-state index in [0.29, 0.717) is 23.0 Å². The summed E-state index contributed by atoms with van der Waals surface area (Å²) in [4.78, 5) is 35.5. The van der Waals surface area contributed by atoms with Gasteiger partial charge in [-0.1, -0.05) is 12.1 Å². The molecule has 0 bridgehead atoms. The van der Waals surface area contributed by atoms with E-state index < -0.39 is 0 Å². The van der Waals surface area contributed by atoms with Crippen LogP contribution in [0.1, 0.15) is 20.8 Å². The summed E-state index contributed by atoms with van der Waals surface area (Å²) in [5, 5.41) is 5.26. The number of anilines is 1. The number of carbonyl (C=O) groups excluding carboxylic acids is 2. The van der Waals surface area contributed by atoms with Crippen LogP contribution in [0.5, 0.6) is 11.5 Å². The van der Waals surface area contributed by atoms with Crippen LogP contribution in [0.4, 0.5) is 5.95 Å². The second-order valence-corrected chi connectivity index (χ2v) is 6.14. The predicted octanol–water partition coefficient (Wildman–Crippen LogP) is 3.36. The minimum atomic E-state index is -0.298. The van der Waals surface area contributed by atoms with Gasteiger partial charge in [0.05, 0.1) is 11.0 Å². The zero-order valence-corrected chi connectivity index (χ0v) is 15.5. The Labute approximate surface area is 166 Å². The Kier molecular flexibility index (Phi) is 4.90. The minimum absolute atomic E-state index is 0.256. The highest BCUT2D eigenvalue weighted by atomic mass is 16.5. The number of amides is 2. The molecule has 0 radical (unpaired) electrons. The molecule has 4 rings (SSSR count). The van der Waals surface area contributed by atoms with E-state index in [0.717, 1.165) is 11.0 Å². The smallest absolute Gasteiger partial charge is 0.269 e. The molecule has 0 saturated carbocycles. The molecule has 29 heavy (non-hydrogen) atoms. The molecule has 2 aromatic carbocycles. The standard InChI is InChI=1S/C21H17N5O3/c1-22-20(28)18-12-15(10-11-23-18)29-14-8-6-13(7-9-14)19(27)26-21-24-16-4-2-3-5-17(16)25-21/h2-12H,1H3,(H,22,28)(H2,24,25,26,27). The van der Waals surface area contributed by atoms with Gasteiger partial charge in [0.1, 0.15) is 17.2 Å². The van der Waals surface area contributed by atoms with Gasteiger partial charge in [-0.2, -0.15) is 0 Å². The van der Waals surface area contributed by atoms with Crippen LogP contribution in [0, 0.1) is 0 Å². The molecule has 8 heteroatoms. The highest BCUT2D eigenvalue weighted by Gasteiger charge is 2.10. The van der Waals surface area contributed by atoms with E-state index in [-0.39, 0.29) is 17.5 Å². The van der Waals surface area contributed by atoms with Crippen LogP contribution < -0.4 is 15.4 Å². The summed E-state index contributed by atoms with van der Waals surface area (Å²) >= 11 is 0. The molecular weight excluding hydrogens is 370 g/mol. The first-order valence-corrected chi connectivity index (χ1v) is 8.84. The first-order valence-electron chi connectivity index (χ1n) is 8.84. The lowest BCUT2D eigenvalue weighted by Gasteiger charge is -2.08. The van der Waals surface area contributed by atoms with Crippen LogP contribution in [0.2, 0.25) is 0 Å². The maximum Gasteiger partial charge on any atom is 0.269 e. The fourth-order valence-corrected chi connectivity index (χ4v) is 2.73. The number of hydrogen-bond acceptors (Lipinski definition) is 5. The Bertz CT molecular complexity index is 1150. The monoisotopic (exact) mass is 387 g/mol. The molecule has 0 spiro atoms. The van der Waals surface area contributed by atoms with Crippen LogP contribution >= 0.6 is 0 Å². The van der Waals surface area contributed by atoms with E-state index in [4.69, 9.17) is 4.74 Å². The quantitative estimate of drug-likeness (QED) is 0.486.